The number of Topliss-reactive ketones (excluding diaryl/α,β-unsaturated/α-hetero) is 1. The highest BCUT2D eigenvalue weighted by Gasteiger charge is 2.44. The van der Waals surface area contributed by atoms with Crippen LogP contribution in [-0.2, 0) is 33.6 Å². The molecule has 9 nitrogen and oxygen atoms in total. The molecule has 2 fully saturated rings. The summed E-state index contributed by atoms with van der Waals surface area (Å²) < 4.78 is -0.341. The molecule has 0 aromatic carbocycles. The van der Waals surface area contributed by atoms with Crippen molar-refractivity contribution < 1.29 is 33.6 Å². The van der Waals surface area contributed by atoms with Gasteiger partial charge >= 0.3 is 5.97 Å². The minimum atomic E-state index is -0.501. The van der Waals surface area contributed by atoms with Crippen LogP contribution in [0.5, 0.6) is 0 Å². The number of carbonyl (C=O) groups excluding carboxylic acids is 6. The van der Waals surface area contributed by atoms with E-state index in [-0.39, 0.29) is 53.4 Å². The number of hydroxylamine groups is 2. The molecule has 0 aromatic rings. The number of imide groups is 1. The Kier molecular flexibility index (Phi) is 16.6. The molecule has 10 heteroatoms. The van der Waals surface area contributed by atoms with Crippen LogP contribution in [0, 0.1) is 17.3 Å². The molecule has 1 unspecified atom stereocenters. The van der Waals surface area contributed by atoms with E-state index in [1.807, 2.05) is 55.4 Å². The zero-order valence-electron chi connectivity index (χ0n) is 26.3. The smallest absolute Gasteiger partial charge is 0.335 e. The van der Waals surface area contributed by atoms with Crippen molar-refractivity contribution in [2.45, 2.75) is 124 Å². The van der Waals surface area contributed by atoms with E-state index in [2.05, 4.69) is 0 Å². The first-order valence-electron chi connectivity index (χ1n) is 14.6. The summed E-state index contributed by atoms with van der Waals surface area (Å²) in [7, 11) is 1.36. The van der Waals surface area contributed by atoms with Crippen LogP contribution in [-0.4, -0.2) is 69.3 Å². The van der Waals surface area contributed by atoms with Gasteiger partial charge in [0.25, 0.3) is 5.91 Å². The standard InChI is InChI=1S/C26H40N2O7S.2C2H6/c1-17(30)25(2,3)16-26(4,5)36-20-14-22(32)28(23(20)33)15-18-9-11-19(12-10-18)24(34)35-27(6)21(31)8-7-13-29;2*1-2/h13,18-20H,7-12,14-16H2,1-6H3;2*1-2H3. The molecule has 0 N–H and O–H groups in total. The molecule has 0 spiro atoms. The number of nitrogens with zero attached hydrogens (tertiary/aromatic N) is 2. The van der Waals surface area contributed by atoms with Gasteiger partial charge < -0.3 is 9.63 Å². The van der Waals surface area contributed by atoms with Gasteiger partial charge in [-0.2, -0.15) is 5.06 Å². The van der Waals surface area contributed by atoms with Gasteiger partial charge in [0, 0.05) is 43.0 Å². The van der Waals surface area contributed by atoms with Crippen molar-refractivity contribution in [2.24, 2.45) is 17.3 Å². The minimum Gasteiger partial charge on any atom is -0.338 e. The lowest BCUT2D eigenvalue weighted by Gasteiger charge is -2.34. The average molecular weight is 585 g/mol. The van der Waals surface area contributed by atoms with Crippen LogP contribution in [0.4, 0.5) is 0 Å². The van der Waals surface area contributed by atoms with Crippen molar-refractivity contribution in [3.63, 3.8) is 0 Å². The van der Waals surface area contributed by atoms with Crippen LogP contribution >= 0.6 is 11.8 Å². The molecule has 0 bridgehead atoms. The van der Waals surface area contributed by atoms with E-state index in [0.29, 0.717) is 44.9 Å². The fraction of sp³-hybridized carbons (Fsp3) is 0.800. The number of likely N-dealkylation sites (tertiary alicyclic amines) is 1. The second-order valence-corrected chi connectivity index (χ2v) is 13.2. The fourth-order valence-electron chi connectivity index (χ4n) is 4.99. The molecule has 1 atom stereocenters. The molecule has 2 rings (SSSR count). The van der Waals surface area contributed by atoms with Crippen molar-refractivity contribution in [1.82, 2.24) is 9.96 Å². The summed E-state index contributed by atoms with van der Waals surface area (Å²) in [4.78, 5) is 78.9. The first-order valence-corrected chi connectivity index (χ1v) is 15.5. The van der Waals surface area contributed by atoms with Gasteiger partial charge in [-0.3, -0.25) is 24.1 Å². The van der Waals surface area contributed by atoms with Gasteiger partial charge in [0.15, 0.2) is 0 Å². The van der Waals surface area contributed by atoms with Crippen molar-refractivity contribution >= 4 is 47.5 Å². The molecule has 230 valence electrons. The van der Waals surface area contributed by atoms with Crippen LogP contribution in [0.2, 0.25) is 0 Å². The summed E-state index contributed by atoms with van der Waals surface area (Å²) in [6, 6.07) is 0. The van der Waals surface area contributed by atoms with Gasteiger partial charge in [-0.25, -0.2) is 4.79 Å². The number of hydrogen-bond acceptors (Lipinski definition) is 8. The molecule has 0 radical (unpaired) electrons. The average Bonchev–Trinajstić information content (AvgIpc) is 3.15. The lowest BCUT2D eigenvalue weighted by molar-refractivity contribution is -0.197. The Hall–Kier alpha value is -2.23. The quantitative estimate of drug-likeness (QED) is 0.180. The number of thioether (sulfide) groups is 1. The van der Waals surface area contributed by atoms with Crippen LogP contribution in [0.25, 0.3) is 0 Å². The second-order valence-electron chi connectivity index (χ2n) is 11.3. The first-order chi connectivity index (χ1) is 18.7. The zero-order chi connectivity index (χ0) is 31.3. The molecule has 3 amide bonds. The molecule has 1 aliphatic carbocycles. The van der Waals surface area contributed by atoms with Gasteiger partial charge in [-0.1, -0.05) is 55.4 Å². The number of hydrogen-bond donors (Lipinski definition) is 0. The maximum absolute atomic E-state index is 13.1. The highest BCUT2D eigenvalue weighted by Crippen LogP contribution is 2.43. The summed E-state index contributed by atoms with van der Waals surface area (Å²) in [6.45, 7) is 17.8. The summed E-state index contributed by atoms with van der Waals surface area (Å²) >= 11 is 1.47. The summed E-state index contributed by atoms with van der Waals surface area (Å²) in [6.07, 6.45) is 3.95. The monoisotopic (exact) mass is 584 g/mol. The van der Waals surface area contributed by atoms with Gasteiger partial charge in [0.1, 0.15) is 12.1 Å². The Morgan fingerprint density at radius 1 is 1.02 bits per heavy atom. The van der Waals surface area contributed by atoms with E-state index in [1.165, 1.54) is 23.7 Å². The topological polar surface area (TPSA) is 118 Å². The van der Waals surface area contributed by atoms with E-state index in [0.717, 1.165) is 5.06 Å². The molecule has 1 saturated heterocycles. The first kappa shape index (κ1) is 37.8. The van der Waals surface area contributed by atoms with Crippen LogP contribution in [0.3, 0.4) is 0 Å². The Morgan fingerprint density at radius 2 is 1.57 bits per heavy atom. The highest BCUT2D eigenvalue weighted by molar-refractivity contribution is 8.02. The van der Waals surface area contributed by atoms with Crippen LogP contribution < -0.4 is 0 Å². The number of ketones is 1. The molecular weight excluding hydrogens is 532 g/mol. The van der Waals surface area contributed by atoms with Gasteiger partial charge in [-0.15, -0.1) is 11.8 Å². The fourth-order valence-corrected chi connectivity index (χ4v) is 6.66. The largest absolute Gasteiger partial charge is 0.338 e. The van der Waals surface area contributed by atoms with E-state index < -0.39 is 22.5 Å². The van der Waals surface area contributed by atoms with Crippen molar-refractivity contribution in [3.8, 4) is 0 Å². The highest BCUT2D eigenvalue weighted by atomic mass is 32.2. The normalized spacial score (nSPS) is 20.9. The molecule has 0 aromatic heterocycles. The number of aldehydes is 1. The van der Waals surface area contributed by atoms with Crippen molar-refractivity contribution in [2.75, 3.05) is 13.6 Å². The lowest BCUT2D eigenvalue weighted by atomic mass is 9.80. The summed E-state index contributed by atoms with van der Waals surface area (Å²) in [5, 5.41) is 0.435. The van der Waals surface area contributed by atoms with Gasteiger partial charge in [0.2, 0.25) is 11.8 Å². The predicted molar refractivity (Wildman–Crippen MR) is 158 cm³/mol. The van der Waals surface area contributed by atoms with Crippen molar-refractivity contribution in [3.05, 3.63) is 0 Å². The molecular formula is C30H52N2O7S. The minimum absolute atomic E-state index is 0.0110. The maximum atomic E-state index is 13.1. The second kappa shape index (κ2) is 17.6. The molecule has 1 saturated carbocycles. The number of carbonyl (C=O) groups is 6. The predicted octanol–water partition coefficient (Wildman–Crippen LogP) is 5.39. The maximum Gasteiger partial charge on any atom is 0.335 e. The third-order valence-corrected chi connectivity index (χ3v) is 8.59. The molecule has 1 heterocycles. The molecule has 2 aliphatic rings. The number of rotatable bonds is 11. The molecule has 40 heavy (non-hydrogen) atoms. The summed E-state index contributed by atoms with van der Waals surface area (Å²) in [5.74, 6) is -1.38. The molecule has 1 aliphatic heterocycles. The Balaban J connectivity index is 0.00000363. The van der Waals surface area contributed by atoms with Gasteiger partial charge in [-0.05, 0) is 44.9 Å². The van der Waals surface area contributed by atoms with E-state index in [9.17, 15) is 28.8 Å². The Labute approximate surface area is 245 Å². The third-order valence-electron chi connectivity index (χ3n) is 7.16. The Morgan fingerprint density at radius 3 is 2.08 bits per heavy atom. The van der Waals surface area contributed by atoms with Crippen LogP contribution in [0.15, 0.2) is 0 Å². The summed E-state index contributed by atoms with van der Waals surface area (Å²) in [5.41, 5.74) is -0.501. The van der Waals surface area contributed by atoms with E-state index >= 15 is 0 Å². The third kappa shape index (κ3) is 11.7. The zero-order valence-corrected chi connectivity index (χ0v) is 27.2. The lowest BCUT2D eigenvalue weighted by Crippen LogP contribution is -2.39. The SMILES string of the molecule is CC.CC.CC(=O)C(C)(C)CC(C)(C)SC1CC(=O)N(CC2CCC(C(=O)ON(C)C(=O)CCC=O)CC2)C1=O. The van der Waals surface area contributed by atoms with Crippen molar-refractivity contribution in [1.29, 1.82) is 0 Å². The van der Waals surface area contributed by atoms with Crippen LogP contribution in [0.1, 0.15) is 114 Å². The Bertz CT molecular complexity index is 879. The number of amides is 3. The van der Waals surface area contributed by atoms with Gasteiger partial charge in [0.05, 0.1) is 11.2 Å². The van der Waals surface area contributed by atoms with E-state index in [4.69, 9.17) is 4.84 Å². The van der Waals surface area contributed by atoms with E-state index in [1.54, 1.807) is 6.92 Å².